The maximum atomic E-state index is 12.7. The zero-order chi connectivity index (χ0) is 24.8. The van der Waals surface area contributed by atoms with Crippen molar-refractivity contribution in [3.63, 3.8) is 0 Å². The van der Waals surface area contributed by atoms with Gasteiger partial charge in [-0.25, -0.2) is 9.97 Å². The van der Waals surface area contributed by atoms with Crippen molar-refractivity contribution < 1.29 is 14.3 Å². The number of pyridine rings is 1. The summed E-state index contributed by atoms with van der Waals surface area (Å²) in [6.07, 6.45) is 5.40. The Bertz CT molecular complexity index is 1310. The molecule has 0 saturated heterocycles. The van der Waals surface area contributed by atoms with Crippen molar-refractivity contribution in [3.05, 3.63) is 54.6 Å². The lowest BCUT2D eigenvalue weighted by molar-refractivity contribution is 0.0988. The molecule has 0 spiro atoms. The van der Waals surface area contributed by atoms with E-state index in [4.69, 9.17) is 9.47 Å². The Morgan fingerprint density at radius 2 is 1.91 bits per heavy atom. The second-order valence-electron chi connectivity index (χ2n) is 7.73. The molecular weight excluding hydrogens is 448 g/mol. The predicted molar refractivity (Wildman–Crippen MR) is 133 cm³/mol. The van der Waals surface area contributed by atoms with Gasteiger partial charge < -0.3 is 20.1 Å². The van der Waals surface area contributed by atoms with E-state index in [-0.39, 0.29) is 5.78 Å². The molecule has 0 atom stereocenters. The number of hydrogen-bond acceptors (Lipinski definition) is 9. The molecular formula is C24H28N8O3. The number of rotatable bonds is 11. The number of aryl methyl sites for hydroxylation is 1. The van der Waals surface area contributed by atoms with Gasteiger partial charge in [-0.3, -0.25) is 14.2 Å². The highest BCUT2D eigenvalue weighted by molar-refractivity contribution is 6.02. The summed E-state index contributed by atoms with van der Waals surface area (Å²) in [4.78, 5) is 21.4. The van der Waals surface area contributed by atoms with Gasteiger partial charge in [0.05, 0.1) is 42.8 Å². The zero-order valence-corrected chi connectivity index (χ0v) is 20.1. The van der Waals surface area contributed by atoms with E-state index in [1.807, 2.05) is 37.4 Å². The van der Waals surface area contributed by atoms with Crippen molar-refractivity contribution in [2.24, 2.45) is 7.05 Å². The van der Waals surface area contributed by atoms with E-state index < -0.39 is 0 Å². The lowest BCUT2D eigenvalue weighted by Gasteiger charge is -2.16. The Hall–Kier alpha value is -4.25. The van der Waals surface area contributed by atoms with Crippen LogP contribution in [0.15, 0.2) is 49.1 Å². The first-order chi connectivity index (χ1) is 17.0. The van der Waals surface area contributed by atoms with Gasteiger partial charge in [0.25, 0.3) is 0 Å². The quantitative estimate of drug-likeness (QED) is 0.311. The van der Waals surface area contributed by atoms with E-state index in [2.05, 4.69) is 30.8 Å². The van der Waals surface area contributed by atoms with Gasteiger partial charge in [-0.2, -0.15) is 10.2 Å². The third kappa shape index (κ3) is 5.46. The average Bonchev–Trinajstić information content (AvgIpc) is 3.51. The maximum Gasteiger partial charge on any atom is 0.184 e. The van der Waals surface area contributed by atoms with Crippen LogP contribution in [0, 0.1) is 0 Å². The maximum absolute atomic E-state index is 12.7. The third-order valence-corrected chi connectivity index (χ3v) is 5.28. The number of carbonyl (C=O) groups excluding carboxylic acids is 1. The van der Waals surface area contributed by atoms with Crippen LogP contribution in [0.3, 0.4) is 0 Å². The molecule has 0 bridgehead atoms. The molecule has 0 aliphatic carbocycles. The van der Waals surface area contributed by atoms with Gasteiger partial charge >= 0.3 is 0 Å². The number of nitrogens with one attached hydrogen (secondary N) is 2. The summed E-state index contributed by atoms with van der Waals surface area (Å²) in [7, 11) is 5.04. The van der Waals surface area contributed by atoms with Gasteiger partial charge in [0.2, 0.25) is 0 Å². The number of carbonyl (C=O) groups is 1. The number of aromatic nitrogens is 6. The molecule has 0 radical (unpaired) electrons. The molecule has 3 heterocycles. The van der Waals surface area contributed by atoms with Crippen LogP contribution in [0.1, 0.15) is 23.7 Å². The molecule has 0 unspecified atom stereocenters. The van der Waals surface area contributed by atoms with E-state index >= 15 is 0 Å². The minimum Gasteiger partial charge on any atom is -0.494 e. The van der Waals surface area contributed by atoms with Crippen LogP contribution in [0.2, 0.25) is 0 Å². The summed E-state index contributed by atoms with van der Waals surface area (Å²) >= 11 is 0. The van der Waals surface area contributed by atoms with Gasteiger partial charge in [0.15, 0.2) is 23.2 Å². The van der Waals surface area contributed by atoms with Crippen molar-refractivity contribution in [3.8, 4) is 17.1 Å². The summed E-state index contributed by atoms with van der Waals surface area (Å²) in [6.45, 7) is 3.03. The zero-order valence-electron chi connectivity index (χ0n) is 20.1. The fourth-order valence-corrected chi connectivity index (χ4v) is 3.55. The highest BCUT2D eigenvalue weighted by atomic mass is 16.5. The second-order valence-corrected chi connectivity index (χ2v) is 7.73. The number of methoxy groups -OCH3 is 2. The smallest absolute Gasteiger partial charge is 0.184 e. The Kier molecular flexibility index (Phi) is 7.36. The molecule has 35 heavy (non-hydrogen) atoms. The largest absolute Gasteiger partial charge is 0.494 e. The van der Waals surface area contributed by atoms with E-state index in [1.54, 1.807) is 49.2 Å². The number of para-hydroxylation sites is 1. The topological polar surface area (TPSA) is 121 Å². The van der Waals surface area contributed by atoms with E-state index in [0.717, 1.165) is 5.56 Å². The summed E-state index contributed by atoms with van der Waals surface area (Å²) in [5.74, 6) is 2.25. The molecule has 11 heteroatoms. The normalized spacial score (nSPS) is 10.9. The van der Waals surface area contributed by atoms with Crippen LogP contribution in [0.5, 0.6) is 5.75 Å². The molecule has 11 nitrogen and oxygen atoms in total. The number of hydrogen-bond donors (Lipinski definition) is 2. The van der Waals surface area contributed by atoms with Crippen LogP contribution in [-0.2, 0) is 18.3 Å². The number of Topliss-reactive ketones (excluding diaryl/α,β-unsaturated/α-hetero) is 1. The first-order valence-corrected chi connectivity index (χ1v) is 11.1. The number of ketones is 1. The molecule has 2 N–H and O–H groups in total. The van der Waals surface area contributed by atoms with Crippen molar-refractivity contribution in [2.75, 3.05) is 31.5 Å². The highest BCUT2D eigenvalue weighted by Gasteiger charge is 2.18. The molecule has 0 saturated carbocycles. The van der Waals surface area contributed by atoms with Crippen LogP contribution >= 0.6 is 0 Å². The van der Waals surface area contributed by atoms with Crippen molar-refractivity contribution in [1.29, 1.82) is 0 Å². The van der Waals surface area contributed by atoms with Crippen LogP contribution < -0.4 is 15.4 Å². The minimum absolute atomic E-state index is 0.0306. The van der Waals surface area contributed by atoms with Crippen molar-refractivity contribution in [1.82, 2.24) is 29.5 Å². The molecule has 4 rings (SSSR count). The first kappa shape index (κ1) is 23.9. The lowest BCUT2D eigenvalue weighted by Crippen LogP contribution is -2.07. The van der Waals surface area contributed by atoms with Gasteiger partial charge in [0.1, 0.15) is 12.1 Å². The molecule has 0 fully saturated rings. The fraction of sp³-hybridized carbons (Fsp3) is 0.292. The summed E-state index contributed by atoms with van der Waals surface area (Å²) < 4.78 is 14.2. The van der Waals surface area contributed by atoms with E-state index in [9.17, 15) is 4.79 Å². The fourth-order valence-electron chi connectivity index (χ4n) is 3.55. The van der Waals surface area contributed by atoms with Gasteiger partial charge in [-0.05, 0) is 12.1 Å². The van der Waals surface area contributed by atoms with Crippen molar-refractivity contribution >= 4 is 28.8 Å². The van der Waals surface area contributed by atoms with Crippen LogP contribution in [0.4, 0.5) is 23.0 Å². The van der Waals surface area contributed by atoms with Gasteiger partial charge in [0, 0.05) is 45.1 Å². The van der Waals surface area contributed by atoms with Gasteiger partial charge in [-0.1, -0.05) is 13.0 Å². The Morgan fingerprint density at radius 1 is 1.06 bits per heavy atom. The molecule has 0 aliphatic rings. The number of nitrogens with zero attached hydrogens (tertiary/aromatic N) is 6. The number of anilines is 4. The van der Waals surface area contributed by atoms with Crippen LogP contribution in [0.25, 0.3) is 11.4 Å². The molecule has 0 amide bonds. The molecule has 4 aromatic rings. The summed E-state index contributed by atoms with van der Waals surface area (Å²) in [5, 5.41) is 15.4. The summed E-state index contributed by atoms with van der Waals surface area (Å²) in [5.41, 5.74) is 2.48. The standard InChI is InChI=1S/C24H28N8O3/c1-5-20(33)17-14-25-22(28-21-9-10-32(29-21)11-12-34-3)13-19(17)27-18-8-6-7-16(23(18)35-4)24-26-15-31(2)30-24/h6-10,13-15H,5,11-12H2,1-4H3,(H2,25,27,28,29). The van der Waals surface area contributed by atoms with Gasteiger partial charge in [-0.15, -0.1) is 0 Å². The average molecular weight is 477 g/mol. The summed E-state index contributed by atoms with van der Waals surface area (Å²) in [6, 6.07) is 9.27. The monoisotopic (exact) mass is 476 g/mol. The highest BCUT2D eigenvalue weighted by Crippen LogP contribution is 2.37. The molecule has 1 aromatic carbocycles. The first-order valence-electron chi connectivity index (χ1n) is 11.1. The van der Waals surface area contributed by atoms with E-state index in [1.165, 1.54) is 0 Å². The molecule has 3 aromatic heterocycles. The van der Waals surface area contributed by atoms with E-state index in [0.29, 0.717) is 59.7 Å². The van der Waals surface area contributed by atoms with Crippen LogP contribution in [-0.4, -0.2) is 56.1 Å². The molecule has 0 aliphatic heterocycles. The molecule has 182 valence electrons. The Balaban J connectivity index is 1.66. The minimum atomic E-state index is -0.0306. The second kappa shape index (κ2) is 10.8. The number of benzene rings is 1. The Labute approximate surface area is 203 Å². The SMILES string of the molecule is CCC(=O)c1cnc(Nc2ccn(CCOC)n2)cc1Nc1cccc(-c2ncn(C)n2)c1OC. The Morgan fingerprint density at radius 3 is 2.63 bits per heavy atom. The predicted octanol–water partition coefficient (Wildman–Crippen LogP) is 3.81. The number of ether oxygens (including phenoxy) is 2. The van der Waals surface area contributed by atoms with Crippen molar-refractivity contribution in [2.45, 2.75) is 19.9 Å². The third-order valence-electron chi connectivity index (χ3n) is 5.28. The lowest BCUT2D eigenvalue weighted by atomic mass is 10.1.